The van der Waals surface area contributed by atoms with E-state index in [1.165, 1.54) is 17.0 Å². The van der Waals surface area contributed by atoms with Gasteiger partial charge in [-0.05, 0) is 71.4 Å². The van der Waals surface area contributed by atoms with Gasteiger partial charge in [-0.2, -0.15) is 0 Å². The Hall–Kier alpha value is -3.78. The topological polar surface area (TPSA) is 101 Å². The number of amides is 2. The van der Waals surface area contributed by atoms with E-state index in [2.05, 4.69) is 15.9 Å². The van der Waals surface area contributed by atoms with Gasteiger partial charge in [0.2, 0.25) is 11.8 Å². The van der Waals surface area contributed by atoms with Gasteiger partial charge in [-0.25, -0.2) is 0 Å². The molecule has 6 rings (SSSR count). The number of nitrogens with zero attached hydrogens (tertiary/aromatic N) is 1. The standard InChI is InChI=1S/C30H24BrNO6/c1-2-38-24-12-15(8-11-22(24)33)25-17-9-10-18-26(30(37)32(29(18)36)16-6-4-3-5-7-16)19(17)13-20-27(25)23(34)14-21(31)28(20)35/h3-9,11-12,14,18-19,25-26,33H,2,10,13H2,1H3. The largest absolute Gasteiger partial charge is 0.504 e. The molecule has 1 N–H and O–H groups in total. The number of phenolic OH excluding ortho intramolecular Hbond substituents is 1. The molecule has 0 radical (unpaired) electrons. The van der Waals surface area contributed by atoms with E-state index in [9.17, 15) is 24.3 Å². The molecule has 38 heavy (non-hydrogen) atoms. The second-order valence-corrected chi connectivity index (χ2v) is 10.8. The molecule has 2 aromatic carbocycles. The molecule has 1 fully saturated rings. The number of halogens is 1. The Kier molecular flexibility index (Phi) is 5.94. The number of phenols is 1. The number of allylic oxidation sites excluding steroid dienone is 6. The lowest BCUT2D eigenvalue weighted by Gasteiger charge is -2.42. The highest BCUT2D eigenvalue weighted by Crippen LogP contribution is 2.56. The number of ether oxygens (including phenoxy) is 1. The molecular formula is C30H24BrNO6. The number of anilines is 1. The zero-order chi connectivity index (χ0) is 26.7. The first-order valence-electron chi connectivity index (χ1n) is 12.6. The van der Waals surface area contributed by atoms with Crippen molar-refractivity contribution in [3.05, 3.63) is 87.4 Å². The number of Topliss-reactive ketones (excluding diaryl/α,β-unsaturated/α-hetero) is 1. The number of hydrogen-bond donors (Lipinski definition) is 1. The van der Waals surface area contributed by atoms with Crippen LogP contribution < -0.4 is 9.64 Å². The molecule has 4 atom stereocenters. The van der Waals surface area contributed by atoms with Gasteiger partial charge in [-0.1, -0.05) is 35.9 Å². The molecule has 2 aromatic rings. The van der Waals surface area contributed by atoms with Gasteiger partial charge in [-0.3, -0.25) is 24.1 Å². The molecule has 1 heterocycles. The summed E-state index contributed by atoms with van der Waals surface area (Å²) in [5, 5.41) is 10.3. The Morgan fingerprint density at radius 3 is 2.53 bits per heavy atom. The monoisotopic (exact) mass is 573 g/mol. The van der Waals surface area contributed by atoms with Crippen molar-refractivity contribution in [2.45, 2.75) is 25.7 Å². The number of aromatic hydroxyl groups is 1. The van der Waals surface area contributed by atoms with Gasteiger partial charge in [0, 0.05) is 23.1 Å². The van der Waals surface area contributed by atoms with Gasteiger partial charge < -0.3 is 9.84 Å². The summed E-state index contributed by atoms with van der Waals surface area (Å²) in [7, 11) is 0. The van der Waals surface area contributed by atoms with Crippen LogP contribution in [0.5, 0.6) is 11.5 Å². The SMILES string of the molecule is CCOc1cc(C2C3=CCC4C(=O)N(c5ccccc5)C(=O)C4C3CC3=C2C(=O)C=C(Br)C3=O)ccc1O. The summed E-state index contributed by atoms with van der Waals surface area (Å²) in [5.74, 6) is -3.05. The zero-order valence-corrected chi connectivity index (χ0v) is 22.1. The molecular weight excluding hydrogens is 550 g/mol. The molecule has 0 aromatic heterocycles. The Morgan fingerprint density at radius 1 is 1.03 bits per heavy atom. The zero-order valence-electron chi connectivity index (χ0n) is 20.5. The highest BCUT2D eigenvalue weighted by atomic mass is 79.9. The number of imide groups is 1. The lowest BCUT2D eigenvalue weighted by atomic mass is 9.59. The molecule has 2 amide bonds. The maximum atomic E-state index is 13.8. The van der Waals surface area contributed by atoms with Crippen LogP contribution in [0.4, 0.5) is 5.69 Å². The van der Waals surface area contributed by atoms with Gasteiger partial charge in [0.15, 0.2) is 23.1 Å². The lowest BCUT2D eigenvalue weighted by Crippen LogP contribution is -2.39. The van der Waals surface area contributed by atoms with Gasteiger partial charge in [0.25, 0.3) is 0 Å². The predicted octanol–water partition coefficient (Wildman–Crippen LogP) is 4.76. The molecule has 1 saturated heterocycles. The van der Waals surface area contributed by atoms with Crippen LogP contribution in [0.1, 0.15) is 31.2 Å². The molecule has 3 aliphatic carbocycles. The van der Waals surface area contributed by atoms with E-state index in [0.29, 0.717) is 35.4 Å². The van der Waals surface area contributed by atoms with Gasteiger partial charge in [0.1, 0.15) is 0 Å². The molecule has 0 spiro atoms. The third kappa shape index (κ3) is 3.61. The number of benzene rings is 2. The van der Waals surface area contributed by atoms with Crippen LogP contribution in [0.25, 0.3) is 0 Å². The average Bonchev–Trinajstić information content (AvgIpc) is 3.17. The summed E-state index contributed by atoms with van der Waals surface area (Å²) in [4.78, 5) is 55.2. The van der Waals surface area contributed by atoms with E-state index in [0.717, 1.165) is 5.57 Å². The number of hydrogen-bond acceptors (Lipinski definition) is 6. The predicted molar refractivity (Wildman–Crippen MR) is 143 cm³/mol. The van der Waals surface area contributed by atoms with Crippen molar-refractivity contribution in [3.8, 4) is 11.5 Å². The highest BCUT2D eigenvalue weighted by Gasteiger charge is 2.56. The van der Waals surface area contributed by atoms with Crippen LogP contribution in [0.2, 0.25) is 0 Å². The number of para-hydroxylation sites is 1. The molecule has 192 valence electrons. The fraction of sp³-hybridized carbons (Fsp3) is 0.267. The van der Waals surface area contributed by atoms with Crippen molar-refractivity contribution in [2.75, 3.05) is 11.5 Å². The number of rotatable bonds is 4. The average molecular weight is 574 g/mol. The van der Waals surface area contributed by atoms with Crippen molar-refractivity contribution in [3.63, 3.8) is 0 Å². The first kappa shape index (κ1) is 24.6. The fourth-order valence-corrected chi connectivity index (χ4v) is 6.85. The Morgan fingerprint density at radius 2 is 1.79 bits per heavy atom. The second kappa shape index (κ2) is 9.20. The molecule has 1 aliphatic heterocycles. The Labute approximate surface area is 227 Å². The summed E-state index contributed by atoms with van der Waals surface area (Å²) >= 11 is 3.24. The third-order valence-electron chi connectivity index (χ3n) is 7.96. The van der Waals surface area contributed by atoms with E-state index in [-0.39, 0.29) is 45.8 Å². The Bertz CT molecular complexity index is 1500. The van der Waals surface area contributed by atoms with E-state index in [4.69, 9.17) is 4.74 Å². The first-order chi connectivity index (χ1) is 18.3. The van der Waals surface area contributed by atoms with Crippen molar-refractivity contribution >= 4 is 45.0 Å². The highest BCUT2D eigenvalue weighted by molar-refractivity contribution is 9.12. The fourth-order valence-electron chi connectivity index (χ4n) is 6.40. The molecule has 8 heteroatoms. The molecule has 0 bridgehead atoms. The minimum atomic E-state index is -0.643. The number of ketones is 2. The first-order valence-corrected chi connectivity index (χ1v) is 13.4. The third-order valence-corrected chi connectivity index (χ3v) is 8.55. The second-order valence-electron chi connectivity index (χ2n) is 9.90. The van der Waals surface area contributed by atoms with E-state index in [1.807, 2.05) is 12.1 Å². The van der Waals surface area contributed by atoms with E-state index < -0.39 is 23.7 Å². The van der Waals surface area contributed by atoms with Crippen LogP contribution in [0, 0.1) is 17.8 Å². The maximum Gasteiger partial charge on any atom is 0.238 e. The molecule has 4 unspecified atom stereocenters. The molecule has 7 nitrogen and oxygen atoms in total. The van der Waals surface area contributed by atoms with E-state index in [1.54, 1.807) is 43.3 Å². The quantitative estimate of drug-likeness (QED) is 0.321. The number of carbonyl (C=O) groups is 4. The molecule has 0 saturated carbocycles. The number of carbonyl (C=O) groups excluding carboxylic acids is 4. The minimum absolute atomic E-state index is 0.0291. The maximum absolute atomic E-state index is 13.8. The summed E-state index contributed by atoms with van der Waals surface area (Å²) in [6.07, 6.45) is 3.83. The minimum Gasteiger partial charge on any atom is -0.504 e. The number of fused-ring (bicyclic) bond motifs is 3. The van der Waals surface area contributed by atoms with Gasteiger partial charge in [-0.15, -0.1) is 0 Å². The van der Waals surface area contributed by atoms with Crippen LogP contribution >= 0.6 is 15.9 Å². The van der Waals surface area contributed by atoms with Crippen LogP contribution in [-0.2, 0) is 19.2 Å². The van der Waals surface area contributed by atoms with Crippen molar-refractivity contribution in [1.29, 1.82) is 0 Å². The van der Waals surface area contributed by atoms with Crippen LogP contribution in [0.3, 0.4) is 0 Å². The van der Waals surface area contributed by atoms with Crippen molar-refractivity contribution < 1.29 is 29.0 Å². The van der Waals surface area contributed by atoms with Crippen LogP contribution in [-0.4, -0.2) is 35.1 Å². The Balaban J connectivity index is 1.50. The summed E-state index contributed by atoms with van der Waals surface area (Å²) < 4.78 is 5.79. The van der Waals surface area contributed by atoms with E-state index >= 15 is 0 Å². The van der Waals surface area contributed by atoms with Crippen molar-refractivity contribution in [2.24, 2.45) is 17.8 Å². The van der Waals surface area contributed by atoms with Crippen LogP contribution in [0.15, 0.2) is 81.9 Å². The lowest BCUT2D eigenvalue weighted by molar-refractivity contribution is -0.123. The smallest absolute Gasteiger partial charge is 0.238 e. The molecule has 4 aliphatic rings. The van der Waals surface area contributed by atoms with Gasteiger partial charge >= 0.3 is 0 Å². The normalized spacial score (nSPS) is 26.5. The van der Waals surface area contributed by atoms with Crippen molar-refractivity contribution in [1.82, 2.24) is 0 Å². The van der Waals surface area contributed by atoms with Gasteiger partial charge in [0.05, 0.1) is 28.6 Å². The summed E-state index contributed by atoms with van der Waals surface area (Å²) in [5.41, 5.74) is 2.80. The summed E-state index contributed by atoms with van der Waals surface area (Å²) in [6, 6.07) is 13.8. The summed E-state index contributed by atoms with van der Waals surface area (Å²) in [6.45, 7) is 2.14.